The maximum Gasteiger partial charge on any atom is 0.330 e. The molecule has 9 nitrogen and oxygen atoms in total. The third kappa shape index (κ3) is 3.45. The Morgan fingerprint density at radius 2 is 2.00 bits per heavy atom. The van der Waals surface area contributed by atoms with E-state index in [1.165, 1.54) is 4.57 Å². The molecule has 0 saturated carbocycles. The molecule has 0 spiro atoms. The Kier molecular flexibility index (Phi) is 5.29. The average Bonchev–Trinajstić information content (AvgIpc) is 3.03. The van der Waals surface area contributed by atoms with E-state index in [1.807, 2.05) is 36.1 Å². The lowest BCUT2D eigenvalue weighted by atomic mass is 9.93. The Bertz CT molecular complexity index is 1220. The molecule has 3 heterocycles. The van der Waals surface area contributed by atoms with Crippen LogP contribution in [0.5, 0.6) is 0 Å². The summed E-state index contributed by atoms with van der Waals surface area (Å²) in [5.41, 5.74) is 7.78. The van der Waals surface area contributed by atoms with Gasteiger partial charge in [0.1, 0.15) is 5.82 Å². The highest BCUT2D eigenvalue weighted by atomic mass is 16.2. The number of hydrogen-bond acceptors (Lipinski definition) is 5. The lowest BCUT2D eigenvalue weighted by Crippen LogP contribution is -2.48. The second kappa shape index (κ2) is 7.91. The Morgan fingerprint density at radius 1 is 1.27 bits per heavy atom. The summed E-state index contributed by atoms with van der Waals surface area (Å²) < 4.78 is 3.22. The van der Waals surface area contributed by atoms with Crippen molar-refractivity contribution in [3.8, 4) is 0 Å². The first-order valence-electron chi connectivity index (χ1n) is 10.2. The second-order valence-electron chi connectivity index (χ2n) is 7.82. The van der Waals surface area contributed by atoms with Crippen molar-refractivity contribution < 1.29 is 4.79 Å². The van der Waals surface area contributed by atoms with E-state index in [2.05, 4.69) is 9.97 Å². The molecule has 0 unspecified atom stereocenters. The van der Waals surface area contributed by atoms with Crippen LogP contribution in [0.1, 0.15) is 36.7 Å². The summed E-state index contributed by atoms with van der Waals surface area (Å²) in [6, 6.07) is 7.54. The van der Waals surface area contributed by atoms with E-state index in [0.717, 1.165) is 24.0 Å². The summed E-state index contributed by atoms with van der Waals surface area (Å²) in [6.07, 6.45) is 2.26. The number of benzene rings is 1. The molecule has 0 saturated heterocycles. The van der Waals surface area contributed by atoms with Crippen LogP contribution < -0.4 is 17.0 Å². The summed E-state index contributed by atoms with van der Waals surface area (Å²) in [5, 5.41) is 0. The molecular formula is C21H26N6O3. The number of aromatic nitrogens is 4. The molecule has 2 aromatic heterocycles. The summed E-state index contributed by atoms with van der Waals surface area (Å²) in [6.45, 7) is 3.43. The molecule has 1 aliphatic rings. The molecule has 0 fully saturated rings. The second-order valence-corrected chi connectivity index (χ2v) is 7.82. The molecular weight excluding hydrogens is 384 g/mol. The first-order valence-corrected chi connectivity index (χ1v) is 10.2. The first-order chi connectivity index (χ1) is 14.4. The zero-order chi connectivity index (χ0) is 21.4. The van der Waals surface area contributed by atoms with E-state index in [-0.39, 0.29) is 5.91 Å². The van der Waals surface area contributed by atoms with Crippen LogP contribution in [0.2, 0.25) is 0 Å². The van der Waals surface area contributed by atoms with Gasteiger partial charge in [-0.05, 0) is 24.0 Å². The molecule has 4 rings (SSSR count). The van der Waals surface area contributed by atoms with Gasteiger partial charge in [-0.1, -0.05) is 37.6 Å². The molecule has 1 atom stereocenters. The van der Waals surface area contributed by atoms with Gasteiger partial charge in [0.05, 0.1) is 12.6 Å². The number of unbranched alkanes of at least 4 members (excludes halogenated alkanes) is 1. The Hall–Kier alpha value is -3.20. The molecule has 0 radical (unpaired) electrons. The van der Waals surface area contributed by atoms with Crippen LogP contribution in [-0.2, 0) is 37.9 Å². The number of aromatic amines is 1. The predicted octanol–water partition coefficient (Wildman–Crippen LogP) is 0.636. The van der Waals surface area contributed by atoms with Crippen LogP contribution in [-0.4, -0.2) is 36.0 Å². The van der Waals surface area contributed by atoms with Crippen molar-refractivity contribution in [2.24, 2.45) is 12.8 Å². The van der Waals surface area contributed by atoms with E-state index in [4.69, 9.17) is 5.73 Å². The number of H-pyrrole nitrogens is 1. The Labute approximate surface area is 173 Å². The van der Waals surface area contributed by atoms with Gasteiger partial charge < -0.3 is 10.3 Å². The van der Waals surface area contributed by atoms with Crippen molar-refractivity contribution in [3.63, 3.8) is 0 Å². The molecule has 1 aliphatic heterocycles. The molecule has 1 amide bonds. The van der Waals surface area contributed by atoms with Gasteiger partial charge >= 0.3 is 5.69 Å². The molecule has 0 bridgehead atoms. The largest absolute Gasteiger partial charge is 0.368 e. The van der Waals surface area contributed by atoms with Gasteiger partial charge in [0.2, 0.25) is 5.91 Å². The lowest BCUT2D eigenvalue weighted by Gasteiger charge is -2.34. The van der Waals surface area contributed by atoms with Crippen molar-refractivity contribution in [2.75, 3.05) is 0 Å². The fourth-order valence-electron chi connectivity index (χ4n) is 4.16. The third-order valence-corrected chi connectivity index (χ3v) is 5.86. The van der Waals surface area contributed by atoms with Gasteiger partial charge in [0.25, 0.3) is 5.56 Å². The van der Waals surface area contributed by atoms with Gasteiger partial charge in [-0.3, -0.25) is 24.0 Å². The highest BCUT2D eigenvalue weighted by Gasteiger charge is 2.31. The number of primary amides is 1. The molecule has 3 aromatic rings. The standard InChI is InChI=1S/C21H26N6O3/c1-3-4-9-27-19-17(20(29)24-21(27)30)25(2)16(23-19)12-26-11-14-8-6-5-7-13(14)10-15(26)18(22)28/h5-8,15H,3-4,9-12H2,1-2H3,(H2,22,28)(H,24,29,30)/t15-/m0/s1. The van der Waals surface area contributed by atoms with E-state index >= 15 is 0 Å². The number of carbonyl (C=O) groups excluding carboxylic acids is 1. The number of carbonyl (C=O) groups is 1. The maximum absolute atomic E-state index is 12.5. The minimum absolute atomic E-state index is 0.342. The summed E-state index contributed by atoms with van der Waals surface area (Å²) in [7, 11) is 1.76. The van der Waals surface area contributed by atoms with E-state index in [0.29, 0.717) is 43.0 Å². The number of aryl methyl sites for hydroxylation is 2. The number of fused-ring (bicyclic) bond motifs is 2. The van der Waals surface area contributed by atoms with Crippen molar-refractivity contribution in [3.05, 3.63) is 62.1 Å². The number of rotatable bonds is 6. The number of imidazole rings is 1. The van der Waals surface area contributed by atoms with Gasteiger partial charge in [-0.25, -0.2) is 9.78 Å². The molecule has 30 heavy (non-hydrogen) atoms. The smallest absolute Gasteiger partial charge is 0.330 e. The van der Waals surface area contributed by atoms with Gasteiger partial charge in [0.15, 0.2) is 11.2 Å². The number of nitrogens with one attached hydrogen (secondary N) is 1. The quantitative estimate of drug-likeness (QED) is 0.618. The molecule has 3 N–H and O–H groups in total. The highest BCUT2D eigenvalue weighted by molar-refractivity contribution is 5.80. The van der Waals surface area contributed by atoms with Crippen molar-refractivity contribution >= 4 is 17.1 Å². The van der Waals surface area contributed by atoms with Crippen LogP contribution in [0.15, 0.2) is 33.9 Å². The van der Waals surface area contributed by atoms with Crippen LogP contribution in [0.25, 0.3) is 11.2 Å². The number of hydrogen-bond donors (Lipinski definition) is 2. The Morgan fingerprint density at radius 3 is 2.70 bits per heavy atom. The average molecular weight is 410 g/mol. The normalized spacial score (nSPS) is 16.7. The molecule has 0 aliphatic carbocycles. The zero-order valence-electron chi connectivity index (χ0n) is 17.2. The molecule has 9 heteroatoms. The van der Waals surface area contributed by atoms with Crippen molar-refractivity contribution in [2.45, 2.75) is 51.9 Å². The zero-order valence-corrected chi connectivity index (χ0v) is 17.2. The van der Waals surface area contributed by atoms with Crippen LogP contribution in [0, 0.1) is 0 Å². The highest BCUT2D eigenvalue weighted by Crippen LogP contribution is 2.25. The minimum atomic E-state index is -0.459. The van der Waals surface area contributed by atoms with Crippen molar-refractivity contribution in [1.29, 1.82) is 0 Å². The minimum Gasteiger partial charge on any atom is -0.368 e. The maximum atomic E-state index is 12.5. The van der Waals surface area contributed by atoms with Crippen LogP contribution in [0.4, 0.5) is 0 Å². The Balaban J connectivity index is 1.75. The van der Waals surface area contributed by atoms with Crippen molar-refractivity contribution in [1.82, 2.24) is 24.0 Å². The van der Waals surface area contributed by atoms with Crippen LogP contribution >= 0.6 is 0 Å². The van der Waals surface area contributed by atoms with Gasteiger partial charge in [0, 0.05) is 20.1 Å². The van der Waals surface area contributed by atoms with Gasteiger partial charge in [-0.15, -0.1) is 0 Å². The lowest BCUT2D eigenvalue weighted by molar-refractivity contribution is -0.124. The predicted molar refractivity (Wildman–Crippen MR) is 113 cm³/mol. The third-order valence-electron chi connectivity index (χ3n) is 5.86. The monoisotopic (exact) mass is 410 g/mol. The van der Waals surface area contributed by atoms with Crippen LogP contribution in [0.3, 0.4) is 0 Å². The molecule has 1 aromatic carbocycles. The number of amides is 1. The summed E-state index contributed by atoms with van der Waals surface area (Å²) in [4.78, 5) is 46.0. The van der Waals surface area contributed by atoms with E-state index < -0.39 is 17.3 Å². The van der Waals surface area contributed by atoms with Gasteiger partial charge in [-0.2, -0.15) is 0 Å². The fraction of sp³-hybridized carbons (Fsp3) is 0.429. The number of nitrogens with zero attached hydrogens (tertiary/aromatic N) is 4. The van der Waals surface area contributed by atoms with E-state index in [9.17, 15) is 14.4 Å². The molecule has 158 valence electrons. The SMILES string of the molecule is CCCCn1c(=O)[nH]c(=O)c2c1nc(CN1Cc3ccccc3C[C@H]1C(N)=O)n2C. The first kappa shape index (κ1) is 20.1. The number of nitrogens with two attached hydrogens (primary N) is 1. The fourth-order valence-corrected chi connectivity index (χ4v) is 4.16. The topological polar surface area (TPSA) is 119 Å². The summed E-state index contributed by atoms with van der Waals surface area (Å²) in [5.74, 6) is 0.220. The summed E-state index contributed by atoms with van der Waals surface area (Å²) >= 11 is 0. The van der Waals surface area contributed by atoms with E-state index in [1.54, 1.807) is 11.6 Å².